The highest BCUT2D eigenvalue weighted by atomic mass is 19.1. The van der Waals surface area contributed by atoms with Gasteiger partial charge in [0.2, 0.25) is 0 Å². The van der Waals surface area contributed by atoms with Crippen molar-refractivity contribution < 1.29 is 4.39 Å². The topological polar surface area (TPSA) is 51.8 Å². The van der Waals surface area contributed by atoms with Crippen molar-refractivity contribution in [3.8, 4) is 0 Å². The molecule has 1 aromatic heterocycles. The monoisotopic (exact) mass is 181 g/mol. The molecule has 0 bridgehead atoms. The molecule has 13 heavy (non-hydrogen) atoms. The van der Waals surface area contributed by atoms with Crippen molar-refractivity contribution in [3.63, 3.8) is 0 Å². The average molecular weight is 181 g/mol. The van der Waals surface area contributed by atoms with Crippen LogP contribution in [0.2, 0.25) is 0 Å². The summed E-state index contributed by atoms with van der Waals surface area (Å²) >= 11 is 0. The molecule has 70 valence electrons. The van der Waals surface area contributed by atoms with Gasteiger partial charge in [0.05, 0.1) is 12.4 Å². The summed E-state index contributed by atoms with van der Waals surface area (Å²) in [5, 5.41) is 0. The number of hydrogen-bond donors (Lipinski definition) is 1. The van der Waals surface area contributed by atoms with E-state index in [1.54, 1.807) is 0 Å². The van der Waals surface area contributed by atoms with E-state index in [0.717, 1.165) is 19.3 Å². The second kappa shape index (κ2) is 3.03. The van der Waals surface area contributed by atoms with Crippen LogP contribution in [0.15, 0.2) is 12.4 Å². The van der Waals surface area contributed by atoms with Gasteiger partial charge in [-0.3, -0.25) is 0 Å². The van der Waals surface area contributed by atoms with Gasteiger partial charge in [0.25, 0.3) is 0 Å². The summed E-state index contributed by atoms with van der Waals surface area (Å²) in [7, 11) is 0. The van der Waals surface area contributed by atoms with E-state index in [0.29, 0.717) is 12.4 Å². The first-order valence-corrected chi connectivity index (χ1v) is 4.45. The lowest BCUT2D eigenvalue weighted by molar-refractivity contribution is 0.237. The van der Waals surface area contributed by atoms with E-state index in [-0.39, 0.29) is 5.41 Å². The second-order valence-corrected chi connectivity index (χ2v) is 3.56. The second-order valence-electron chi connectivity index (χ2n) is 3.56. The fourth-order valence-electron chi connectivity index (χ4n) is 1.71. The summed E-state index contributed by atoms with van der Waals surface area (Å²) in [5.41, 5.74) is 5.60. The zero-order valence-electron chi connectivity index (χ0n) is 7.33. The molecule has 0 aromatic carbocycles. The van der Waals surface area contributed by atoms with E-state index < -0.39 is 5.82 Å². The molecule has 3 nitrogen and oxygen atoms in total. The summed E-state index contributed by atoms with van der Waals surface area (Å²) in [6, 6.07) is 0. The molecule has 4 heteroatoms. The third-order valence-electron chi connectivity index (χ3n) is 2.80. The van der Waals surface area contributed by atoms with Crippen LogP contribution in [0.25, 0.3) is 0 Å². The van der Waals surface area contributed by atoms with E-state index in [1.807, 2.05) is 0 Å². The highest BCUT2D eigenvalue weighted by molar-refractivity contribution is 5.13. The van der Waals surface area contributed by atoms with Crippen molar-refractivity contribution in [2.24, 2.45) is 5.73 Å². The molecule has 0 atom stereocenters. The largest absolute Gasteiger partial charge is 0.329 e. The van der Waals surface area contributed by atoms with Gasteiger partial charge >= 0.3 is 0 Å². The van der Waals surface area contributed by atoms with Crippen LogP contribution in [0, 0.1) is 5.82 Å². The van der Waals surface area contributed by atoms with Gasteiger partial charge in [-0.15, -0.1) is 0 Å². The third kappa shape index (κ3) is 1.31. The normalized spacial score (nSPS) is 19.5. The van der Waals surface area contributed by atoms with Crippen molar-refractivity contribution in [2.75, 3.05) is 6.54 Å². The van der Waals surface area contributed by atoms with Crippen LogP contribution < -0.4 is 5.73 Å². The fraction of sp³-hybridized carbons (Fsp3) is 0.556. The minimum atomic E-state index is -0.393. The Hall–Kier alpha value is -1.03. The molecule has 2 rings (SSSR count). The standard InChI is InChI=1S/C9H12FN3/c10-7-4-12-8(13-5-7)9(6-11)2-1-3-9/h4-5H,1-3,6,11H2. The Morgan fingerprint density at radius 2 is 2.00 bits per heavy atom. The maximum Gasteiger partial charge on any atom is 0.159 e. The van der Waals surface area contributed by atoms with Crippen LogP contribution in [-0.2, 0) is 5.41 Å². The van der Waals surface area contributed by atoms with Crippen molar-refractivity contribution in [1.29, 1.82) is 0 Å². The summed E-state index contributed by atoms with van der Waals surface area (Å²) in [6.45, 7) is 0.554. The van der Waals surface area contributed by atoms with Crippen LogP contribution in [0.3, 0.4) is 0 Å². The van der Waals surface area contributed by atoms with Gasteiger partial charge in [0, 0.05) is 12.0 Å². The number of halogens is 1. The van der Waals surface area contributed by atoms with Crippen molar-refractivity contribution in [2.45, 2.75) is 24.7 Å². The molecule has 1 aliphatic carbocycles. The van der Waals surface area contributed by atoms with Crippen LogP contribution in [-0.4, -0.2) is 16.5 Å². The maximum absolute atomic E-state index is 12.5. The number of hydrogen-bond acceptors (Lipinski definition) is 3. The Morgan fingerprint density at radius 3 is 2.38 bits per heavy atom. The molecule has 0 radical (unpaired) electrons. The third-order valence-corrected chi connectivity index (χ3v) is 2.80. The lowest BCUT2D eigenvalue weighted by Crippen LogP contribution is -2.43. The van der Waals surface area contributed by atoms with E-state index in [9.17, 15) is 4.39 Å². The molecule has 1 aromatic rings. The van der Waals surface area contributed by atoms with Crippen LogP contribution >= 0.6 is 0 Å². The van der Waals surface area contributed by atoms with Crippen LogP contribution in [0.4, 0.5) is 4.39 Å². The zero-order valence-corrected chi connectivity index (χ0v) is 7.33. The van der Waals surface area contributed by atoms with Gasteiger partial charge in [-0.1, -0.05) is 6.42 Å². The Bertz CT molecular complexity index is 287. The van der Waals surface area contributed by atoms with E-state index >= 15 is 0 Å². The smallest absolute Gasteiger partial charge is 0.159 e. The molecule has 0 spiro atoms. The number of nitrogens with two attached hydrogens (primary N) is 1. The lowest BCUT2D eigenvalue weighted by atomic mass is 9.68. The van der Waals surface area contributed by atoms with Gasteiger partial charge in [0.1, 0.15) is 5.82 Å². The molecule has 2 N–H and O–H groups in total. The Kier molecular flexibility index (Phi) is 2.00. The molecule has 1 aliphatic rings. The van der Waals surface area contributed by atoms with Crippen LogP contribution in [0.5, 0.6) is 0 Å². The van der Waals surface area contributed by atoms with Crippen molar-refractivity contribution in [3.05, 3.63) is 24.0 Å². The molecule has 1 heterocycles. The summed E-state index contributed by atoms with van der Waals surface area (Å²) in [4.78, 5) is 7.95. The Labute approximate surface area is 76.2 Å². The average Bonchev–Trinajstić information content (AvgIpc) is 2.07. The first kappa shape index (κ1) is 8.56. The highest BCUT2D eigenvalue weighted by Gasteiger charge is 2.39. The SMILES string of the molecule is NCC1(c2ncc(F)cn2)CCC1. The van der Waals surface area contributed by atoms with Gasteiger partial charge in [0.15, 0.2) is 5.82 Å². The van der Waals surface area contributed by atoms with Crippen molar-refractivity contribution >= 4 is 0 Å². The van der Waals surface area contributed by atoms with E-state index in [1.165, 1.54) is 12.4 Å². The van der Waals surface area contributed by atoms with Gasteiger partial charge in [-0.2, -0.15) is 0 Å². The molecular weight excluding hydrogens is 169 g/mol. The Balaban J connectivity index is 2.28. The van der Waals surface area contributed by atoms with Crippen LogP contribution in [0.1, 0.15) is 25.1 Å². The predicted molar refractivity (Wildman–Crippen MR) is 46.6 cm³/mol. The maximum atomic E-state index is 12.5. The molecule has 0 amide bonds. The number of rotatable bonds is 2. The minimum Gasteiger partial charge on any atom is -0.329 e. The van der Waals surface area contributed by atoms with E-state index in [2.05, 4.69) is 9.97 Å². The minimum absolute atomic E-state index is 0.0618. The molecule has 1 saturated carbocycles. The van der Waals surface area contributed by atoms with Crippen molar-refractivity contribution in [1.82, 2.24) is 9.97 Å². The molecule has 0 saturated heterocycles. The number of nitrogens with zero attached hydrogens (tertiary/aromatic N) is 2. The molecule has 0 aliphatic heterocycles. The highest BCUT2D eigenvalue weighted by Crippen LogP contribution is 2.40. The molecule has 1 fully saturated rings. The number of aromatic nitrogens is 2. The summed E-state index contributed by atoms with van der Waals surface area (Å²) in [6.07, 6.45) is 5.62. The first-order chi connectivity index (χ1) is 6.27. The summed E-state index contributed by atoms with van der Waals surface area (Å²) in [5.74, 6) is 0.304. The summed E-state index contributed by atoms with van der Waals surface area (Å²) < 4.78 is 12.5. The Morgan fingerprint density at radius 1 is 1.38 bits per heavy atom. The van der Waals surface area contributed by atoms with Gasteiger partial charge in [-0.05, 0) is 12.8 Å². The quantitative estimate of drug-likeness (QED) is 0.740. The van der Waals surface area contributed by atoms with E-state index in [4.69, 9.17) is 5.73 Å². The van der Waals surface area contributed by atoms with Gasteiger partial charge in [-0.25, -0.2) is 14.4 Å². The fourth-order valence-corrected chi connectivity index (χ4v) is 1.71. The van der Waals surface area contributed by atoms with Gasteiger partial charge < -0.3 is 5.73 Å². The first-order valence-electron chi connectivity index (χ1n) is 4.45. The lowest BCUT2D eigenvalue weighted by Gasteiger charge is -2.39. The molecular formula is C9H12FN3. The predicted octanol–water partition coefficient (Wildman–Crippen LogP) is 0.996. The zero-order chi connectivity index (χ0) is 9.31. The molecule has 0 unspecified atom stereocenters.